The van der Waals surface area contributed by atoms with Crippen molar-refractivity contribution in [2.75, 3.05) is 148 Å². The molecule has 50 heteroatoms. The fraction of sp³-hybridized carbons (Fsp3) is 0.318. The molecular weight excluding hydrogens is 1880 g/mol. The quantitative estimate of drug-likeness (QED) is 0.0370. The number of H-pyrrole nitrogens is 4. The number of aromatic nitrogens is 24. The summed E-state index contributed by atoms with van der Waals surface area (Å²) >= 11 is 23.7. The Morgan fingerprint density at radius 1 is 0.362 bits per heavy atom. The average molecular weight is 1980 g/mol. The van der Waals surface area contributed by atoms with Crippen molar-refractivity contribution < 1.29 is 46.2 Å². The number of hydrogen-bond donors (Lipinski definition) is 8. The highest BCUT2D eigenvalue weighted by Gasteiger charge is 2.36. The van der Waals surface area contributed by atoms with Gasteiger partial charge in [-0.05, 0) is 62.4 Å². The van der Waals surface area contributed by atoms with Gasteiger partial charge in [0, 0.05) is 175 Å². The standard InChI is InChI=1S/C22H23ClFN9O2.C21H21ClFN9O2.C21H21ClFN9O.C20H19ClFN9O.4CH4/c1-12-9-31(15-8-16(35-2)13(23)7-14(15)24)5-6-32(12)17(34)10-33-22-18(20(25)28-11-29-22)19(30-33)21-26-3-4-27-21;1-34-15-9-14(13(23)8-12(15)22)30-4-6-31(7-5-30)16(33)10-32-21-17(19(24)27-11-28-21)18(29-32)20-25-2-3-26-20;1-12-9-30(15-3-2-13(22)8-14(15)23)6-7-31(12)16(33)10-32-21-17(19(24)27-11-28-21)18(29-32)20-25-4-5-26-20;21-12-1-2-14(13(22)9-12)29-5-7-30(8-6-29)15(32)10-31-20-16(18(23)26-11-27-20)17(28-31)19-24-3-4-25-19;;;;/h3-4,7-8,11-12H,5-6,9-10H2,1-2H3,(H,26,27)(H2,25,28,29);2-3,8-9,11H,4-7,10H2,1H3,(H,25,26)(H2,24,27,28);2-5,8,11-12H,6-7,9-10H2,1H3,(H,25,26)(H2,24,27,28);1-4,9,11H,5-8,10H2,(H,24,25)(H2,23,26,27);4*1H4/t12-;;12-;;;;;/m0.0...../s1. The van der Waals surface area contributed by atoms with E-state index in [0.29, 0.717) is 226 Å². The number of imidazole rings is 4. The number of piperazine rings is 4. The summed E-state index contributed by atoms with van der Waals surface area (Å²) < 4.78 is 74.2. The third-order valence-electron chi connectivity index (χ3n) is 23.0. The number of fused-ring (bicyclic) bond motifs is 4. The summed E-state index contributed by atoms with van der Waals surface area (Å²) in [7, 11) is 2.96. The van der Waals surface area contributed by atoms with E-state index in [1.807, 2.05) is 33.4 Å². The summed E-state index contributed by atoms with van der Waals surface area (Å²) in [6, 6.07) is 14.6. The van der Waals surface area contributed by atoms with Gasteiger partial charge in [-0.25, -0.2) is 96.1 Å². The zero-order valence-corrected chi connectivity index (χ0v) is 74.9. The van der Waals surface area contributed by atoms with Gasteiger partial charge in [0.1, 0.15) is 132 Å². The molecule has 0 aliphatic carbocycles. The van der Waals surface area contributed by atoms with Crippen molar-refractivity contribution in [3.05, 3.63) is 179 Å². The number of nitrogens with two attached hydrogens (primary N) is 4. The second-order valence-corrected chi connectivity index (χ2v) is 32.9. The molecule has 4 aliphatic heterocycles. The topological polar surface area (TPSA) is 506 Å². The number of halogens is 8. The summed E-state index contributed by atoms with van der Waals surface area (Å²) in [6.07, 6.45) is 18.5. The van der Waals surface area contributed by atoms with Gasteiger partial charge in [-0.2, -0.15) is 20.4 Å². The van der Waals surface area contributed by atoms with Crippen LogP contribution in [0.25, 0.3) is 90.2 Å². The fourth-order valence-electron chi connectivity index (χ4n) is 16.5. The maximum atomic E-state index is 14.6. The Morgan fingerprint density at radius 2 is 0.638 bits per heavy atom. The van der Waals surface area contributed by atoms with Crippen molar-refractivity contribution in [1.82, 2.24) is 138 Å². The summed E-state index contributed by atoms with van der Waals surface area (Å²) in [5.41, 5.74) is 29.7. The van der Waals surface area contributed by atoms with E-state index in [0.717, 1.165) is 0 Å². The molecule has 0 radical (unpaired) electrons. The van der Waals surface area contributed by atoms with Crippen LogP contribution in [-0.2, 0) is 45.4 Å². The van der Waals surface area contributed by atoms with Crippen LogP contribution in [0.15, 0.2) is 136 Å². The molecule has 4 aliphatic rings. The summed E-state index contributed by atoms with van der Waals surface area (Å²) in [5, 5.41) is 21.4. The van der Waals surface area contributed by atoms with Crippen LogP contribution in [0.4, 0.5) is 63.6 Å². The SMILES string of the molecule is C.C.C.C.COc1cc(N2CCN(C(=O)Cn3nc(-c4ncc[nH]4)c4c(N)ncnc43)CC2)c(F)cc1Cl.COc1cc(N2CCN(C(=O)Cn3nc(-c4ncc[nH]4)c4c(N)ncnc43)[C@@H](C)C2)c(F)cc1Cl.C[C@H]1CN(c2ccc(Cl)cc2F)CCN1C(=O)Cn1nc(-c2ncc[nH]2)c2c(N)ncnc21.Nc1ncnc2c1c(-c1ncc[nH]1)nn2CC(=O)N1CCN(c2ccc(Cl)cc2F)CC1. The Bertz CT molecular complexity index is 7000. The van der Waals surface area contributed by atoms with Gasteiger partial charge in [-0.3, -0.25) is 19.2 Å². The Balaban J connectivity index is 0.000000154. The summed E-state index contributed by atoms with van der Waals surface area (Å²) in [5.74, 6) is 1.73. The van der Waals surface area contributed by atoms with Crippen molar-refractivity contribution in [2.24, 2.45) is 0 Å². The summed E-state index contributed by atoms with van der Waals surface area (Å²) in [6.45, 7) is 10.2. The third kappa shape index (κ3) is 20.7. The van der Waals surface area contributed by atoms with Gasteiger partial charge in [0.2, 0.25) is 23.6 Å². The van der Waals surface area contributed by atoms with Crippen LogP contribution < -0.4 is 52.0 Å². The first-order valence-corrected chi connectivity index (χ1v) is 43.2. The number of nitrogen functional groups attached to an aromatic ring is 4. The first-order valence-electron chi connectivity index (χ1n) is 41.7. The molecule has 4 saturated heterocycles. The van der Waals surface area contributed by atoms with Crippen molar-refractivity contribution in [3.8, 4) is 57.6 Å². The lowest BCUT2D eigenvalue weighted by molar-refractivity contribution is -0.135. The lowest BCUT2D eigenvalue weighted by atomic mass is 10.1. The van der Waals surface area contributed by atoms with Gasteiger partial charge in [0.25, 0.3) is 0 Å². The molecule has 0 bridgehead atoms. The minimum Gasteiger partial charge on any atom is -0.495 e. The van der Waals surface area contributed by atoms with Crippen molar-refractivity contribution in [3.63, 3.8) is 0 Å². The van der Waals surface area contributed by atoms with Gasteiger partial charge < -0.3 is 91.5 Å². The van der Waals surface area contributed by atoms with E-state index in [1.54, 1.807) is 106 Å². The lowest BCUT2D eigenvalue weighted by Crippen LogP contribution is -2.55. The number of amides is 4. The normalized spacial score (nSPS) is 14.8. The van der Waals surface area contributed by atoms with Crippen molar-refractivity contribution in [2.45, 2.75) is 81.8 Å². The van der Waals surface area contributed by atoms with E-state index in [1.165, 1.54) is 82.5 Å². The monoisotopic (exact) mass is 1970 g/mol. The molecule has 4 aromatic carbocycles. The van der Waals surface area contributed by atoms with E-state index in [-0.39, 0.29) is 137 Å². The number of carbonyl (C=O) groups is 4. The summed E-state index contributed by atoms with van der Waals surface area (Å²) in [4.78, 5) is 129. The van der Waals surface area contributed by atoms with Crippen LogP contribution >= 0.6 is 46.4 Å². The Morgan fingerprint density at radius 3 is 0.928 bits per heavy atom. The molecule has 16 heterocycles. The largest absolute Gasteiger partial charge is 0.495 e. The highest BCUT2D eigenvalue weighted by atomic mass is 35.5. The Hall–Kier alpha value is -15.3. The number of nitrogens with zero attached hydrogens (tertiary/aromatic N) is 28. The van der Waals surface area contributed by atoms with Crippen LogP contribution in [0, 0.1) is 23.3 Å². The van der Waals surface area contributed by atoms with Crippen molar-refractivity contribution in [1.29, 1.82) is 0 Å². The second kappa shape index (κ2) is 43.1. The Labute approximate surface area is 807 Å². The highest BCUT2D eigenvalue weighted by Crippen LogP contribution is 2.39. The zero-order chi connectivity index (χ0) is 93.9. The maximum absolute atomic E-state index is 14.6. The van der Waals surface area contributed by atoms with Gasteiger partial charge in [0.15, 0.2) is 45.9 Å². The minimum absolute atomic E-state index is 0. The number of benzene rings is 4. The first-order chi connectivity index (χ1) is 64.8. The molecule has 0 spiro atoms. The Kier molecular flexibility index (Phi) is 31.3. The van der Waals surface area contributed by atoms with Crippen molar-refractivity contribution >= 4 is 160 Å². The second-order valence-electron chi connectivity index (χ2n) is 31.2. The molecular formula is C88H100Cl4F4N36O6. The number of carbonyl (C=O) groups excluding carboxylic acids is 4. The van der Waals surface area contributed by atoms with Gasteiger partial charge in [-0.1, -0.05) is 76.1 Å². The highest BCUT2D eigenvalue weighted by molar-refractivity contribution is 6.32. The number of hydrogen-bond acceptors (Lipinski definition) is 30. The van der Waals surface area contributed by atoms with Gasteiger partial charge in [0.05, 0.1) is 68.6 Å². The molecule has 724 valence electrons. The number of rotatable bonds is 18. The van der Waals surface area contributed by atoms with E-state index in [2.05, 4.69) is 100 Å². The predicted molar refractivity (Wildman–Crippen MR) is 519 cm³/mol. The molecule has 2 atom stereocenters. The molecule has 12 N–H and O–H groups in total. The molecule has 20 rings (SSSR count). The average Bonchev–Trinajstić information content (AvgIpc) is 1.63. The van der Waals surface area contributed by atoms with Crippen LogP contribution in [0.3, 0.4) is 0 Å². The van der Waals surface area contributed by atoms with Crippen LogP contribution in [0.1, 0.15) is 43.6 Å². The van der Waals surface area contributed by atoms with E-state index in [4.69, 9.17) is 78.8 Å². The van der Waals surface area contributed by atoms with Gasteiger partial charge in [-0.15, -0.1) is 0 Å². The van der Waals surface area contributed by atoms with Crippen LogP contribution in [0.2, 0.25) is 20.1 Å². The number of ether oxygens (including phenoxy) is 2. The van der Waals surface area contributed by atoms with E-state index in [9.17, 15) is 36.7 Å². The molecule has 42 nitrogen and oxygen atoms in total. The molecule has 0 saturated carbocycles. The molecule has 12 aromatic heterocycles. The smallest absolute Gasteiger partial charge is 0.244 e. The maximum Gasteiger partial charge on any atom is 0.244 e. The molecule has 4 fully saturated rings. The van der Waals surface area contributed by atoms with Crippen LogP contribution in [-0.4, -0.2) is 280 Å². The van der Waals surface area contributed by atoms with Crippen LogP contribution in [0.5, 0.6) is 11.5 Å². The molecule has 4 amide bonds. The zero-order valence-electron chi connectivity index (χ0n) is 71.9. The predicted octanol–water partition coefficient (Wildman–Crippen LogP) is 11.1. The fourth-order valence-corrected chi connectivity index (χ4v) is 17.3. The molecule has 0 unspecified atom stereocenters. The number of anilines is 8. The lowest BCUT2D eigenvalue weighted by Gasteiger charge is -2.41. The number of nitrogens with one attached hydrogen (secondary N) is 4. The number of aromatic amines is 4. The minimum atomic E-state index is -0.437. The van der Waals surface area contributed by atoms with E-state index < -0.39 is 11.6 Å². The first kappa shape index (κ1) is 100. The molecule has 16 aromatic rings. The molecule has 138 heavy (non-hydrogen) atoms. The third-order valence-corrected chi connectivity index (χ3v) is 24.1. The van der Waals surface area contributed by atoms with E-state index >= 15 is 0 Å². The number of methoxy groups -OCH3 is 2. The van der Waals surface area contributed by atoms with Gasteiger partial charge >= 0.3 is 0 Å².